The molecule has 0 bridgehead atoms. The van der Waals surface area contributed by atoms with Crippen LogP contribution < -0.4 is 0 Å². The largest absolute Gasteiger partial charge is 0.461 e. The van der Waals surface area contributed by atoms with Crippen molar-refractivity contribution in [1.82, 2.24) is 0 Å². The Bertz CT molecular complexity index is 517. The van der Waals surface area contributed by atoms with Gasteiger partial charge in [-0.3, -0.25) is 4.79 Å². The lowest BCUT2D eigenvalue weighted by Gasteiger charge is -2.06. The molecule has 1 aromatic carbocycles. The number of carbonyl (C=O) groups excluding carboxylic acids is 1. The Hall–Kier alpha value is -0.350. The maximum Gasteiger partial charge on any atom is 0.306 e. The summed E-state index contributed by atoms with van der Waals surface area (Å²) in [6, 6.07) is 5.90. The minimum atomic E-state index is -0.0860. The second-order valence-corrected chi connectivity index (χ2v) is 9.11. The van der Waals surface area contributed by atoms with Crippen LogP contribution in [0.3, 0.4) is 0 Å². The highest BCUT2D eigenvalue weighted by molar-refractivity contribution is 9.13. The van der Waals surface area contributed by atoms with E-state index in [2.05, 4.69) is 38.8 Å². The van der Waals surface area contributed by atoms with Crippen molar-refractivity contribution in [2.45, 2.75) is 103 Å². The summed E-state index contributed by atoms with van der Waals surface area (Å²) >= 11 is 6.90. The lowest BCUT2D eigenvalue weighted by molar-refractivity contribution is -0.145. The summed E-state index contributed by atoms with van der Waals surface area (Å²) in [5.41, 5.74) is 1.00. The Labute approximate surface area is 183 Å². The van der Waals surface area contributed by atoms with Gasteiger partial charge < -0.3 is 4.74 Å². The van der Waals surface area contributed by atoms with Gasteiger partial charge in [0, 0.05) is 15.4 Å². The molecule has 0 radical (unpaired) electrons. The summed E-state index contributed by atoms with van der Waals surface area (Å²) in [5.74, 6) is -0.0860. The zero-order valence-corrected chi connectivity index (χ0v) is 20.1. The van der Waals surface area contributed by atoms with Crippen molar-refractivity contribution >= 4 is 37.8 Å². The number of esters is 1. The van der Waals surface area contributed by atoms with E-state index in [0.29, 0.717) is 13.0 Å². The van der Waals surface area contributed by atoms with Gasteiger partial charge in [0.2, 0.25) is 0 Å². The monoisotopic (exact) mass is 502 g/mol. The fourth-order valence-corrected chi connectivity index (χ4v) is 3.83. The Morgan fingerprint density at radius 2 is 1.30 bits per heavy atom. The van der Waals surface area contributed by atoms with E-state index < -0.39 is 0 Å². The van der Waals surface area contributed by atoms with Crippen molar-refractivity contribution in [1.29, 1.82) is 0 Å². The highest BCUT2D eigenvalue weighted by Crippen LogP contribution is 2.24. The summed E-state index contributed by atoms with van der Waals surface area (Å²) < 4.78 is 7.34. The average molecular weight is 504 g/mol. The number of unbranched alkanes of at least 4 members (excludes halogenated alkanes) is 12. The van der Waals surface area contributed by atoms with Gasteiger partial charge in [-0.15, -0.1) is 0 Å². The van der Waals surface area contributed by atoms with E-state index in [4.69, 9.17) is 4.74 Å². The van der Waals surface area contributed by atoms with Crippen LogP contribution in [0.25, 0.3) is 0 Å². The van der Waals surface area contributed by atoms with Crippen LogP contribution >= 0.6 is 31.9 Å². The molecular weight excluding hydrogens is 468 g/mol. The number of hydrogen-bond acceptors (Lipinski definition) is 2. The van der Waals surface area contributed by atoms with Gasteiger partial charge >= 0.3 is 5.97 Å². The van der Waals surface area contributed by atoms with Crippen molar-refractivity contribution in [3.05, 3.63) is 32.7 Å². The zero-order chi connectivity index (χ0) is 19.7. The molecule has 154 valence electrons. The van der Waals surface area contributed by atoms with Crippen molar-refractivity contribution < 1.29 is 9.53 Å². The van der Waals surface area contributed by atoms with Crippen LogP contribution in [0, 0.1) is 0 Å². The van der Waals surface area contributed by atoms with Crippen LogP contribution in [0.2, 0.25) is 0 Å². The summed E-state index contributed by atoms with van der Waals surface area (Å²) in [6.45, 7) is 2.62. The first-order chi connectivity index (χ1) is 13.1. The highest BCUT2D eigenvalue weighted by atomic mass is 79.9. The second kappa shape index (κ2) is 16.6. The second-order valence-electron chi connectivity index (χ2n) is 7.40. The molecule has 0 heterocycles. The van der Waals surface area contributed by atoms with Crippen LogP contribution in [0.5, 0.6) is 0 Å². The van der Waals surface area contributed by atoms with Gasteiger partial charge in [0.1, 0.15) is 6.61 Å². The van der Waals surface area contributed by atoms with Crippen molar-refractivity contribution in [3.8, 4) is 0 Å². The molecule has 0 aliphatic heterocycles. The molecule has 0 N–H and O–H groups in total. The predicted octanol–water partition coefficient (Wildman–Crippen LogP) is 8.74. The number of ether oxygens (including phenoxy) is 1. The third kappa shape index (κ3) is 13.5. The fourth-order valence-electron chi connectivity index (χ4n) is 3.15. The smallest absolute Gasteiger partial charge is 0.306 e. The molecular formula is C23H36Br2O2. The molecule has 0 unspecified atom stereocenters. The van der Waals surface area contributed by atoms with Gasteiger partial charge in [0.05, 0.1) is 0 Å². The number of rotatable bonds is 16. The van der Waals surface area contributed by atoms with E-state index in [1.807, 2.05) is 18.2 Å². The van der Waals surface area contributed by atoms with Crippen LogP contribution in [0.15, 0.2) is 27.1 Å². The Balaban J connectivity index is 1.89. The van der Waals surface area contributed by atoms with E-state index in [1.165, 1.54) is 70.6 Å². The number of hydrogen-bond donors (Lipinski definition) is 0. The van der Waals surface area contributed by atoms with Gasteiger partial charge in [-0.1, -0.05) is 90.0 Å². The summed E-state index contributed by atoms with van der Waals surface area (Å²) in [6.07, 6.45) is 17.7. The average Bonchev–Trinajstić information content (AvgIpc) is 2.66. The topological polar surface area (TPSA) is 26.3 Å². The fraction of sp³-hybridized carbons (Fsp3) is 0.696. The standard InChI is InChI=1S/C23H36Br2O2/c1-2-3-4-5-6-7-8-9-10-11-12-13-14-15-23(26)27-19-20-16-17-21(24)22(25)18-20/h16-18H,2-15,19H2,1H3. The minimum Gasteiger partial charge on any atom is -0.461 e. The van der Waals surface area contributed by atoms with Gasteiger partial charge in [-0.25, -0.2) is 0 Å². The molecule has 0 aliphatic carbocycles. The predicted molar refractivity (Wildman–Crippen MR) is 122 cm³/mol. The Morgan fingerprint density at radius 1 is 0.778 bits per heavy atom. The molecule has 0 fully saturated rings. The van der Waals surface area contributed by atoms with Crippen molar-refractivity contribution in [2.24, 2.45) is 0 Å². The zero-order valence-electron chi connectivity index (χ0n) is 16.9. The van der Waals surface area contributed by atoms with Gasteiger partial charge in [-0.2, -0.15) is 0 Å². The van der Waals surface area contributed by atoms with Gasteiger partial charge in [0.25, 0.3) is 0 Å². The molecule has 0 spiro atoms. The van der Waals surface area contributed by atoms with Crippen LogP contribution in [0.1, 0.15) is 102 Å². The number of benzene rings is 1. The Morgan fingerprint density at radius 3 is 1.81 bits per heavy atom. The molecule has 0 atom stereocenters. The molecule has 1 rings (SSSR count). The van der Waals surface area contributed by atoms with Crippen molar-refractivity contribution in [2.75, 3.05) is 0 Å². The van der Waals surface area contributed by atoms with Crippen molar-refractivity contribution in [3.63, 3.8) is 0 Å². The van der Waals surface area contributed by atoms with Crippen LogP contribution in [-0.2, 0) is 16.1 Å². The normalized spacial score (nSPS) is 10.9. The van der Waals surface area contributed by atoms with E-state index in [9.17, 15) is 4.79 Å². The molecule has 27 heavy (non-hydrogen) atoms. The summed E-state index contributed by atoms with van der Waals surface area (Å²) in [4.78, 5) is 11.8. The number of carbonyl (C=O) groups is 1. The highest BCUT2D eigenvalue weighted by Gasteiger charge is 2.05. The van der Waals surface area contributed by atoms with E-state index >= 15 is 0 Å². The summed E-state index contributed by atoms with van der Waals surface area (Å²) in [7, 11) is 0. The first-order valence-electron chi connectivity index (χ1n) is 10.7. The van der Waals surface area contributed by atoms with Crippen LogP contribution in [-0.4, -0.2) is 5.97 Å². The lowest BCUT2D eigenvalue weighted by atomic mass is 10.0. The first-order valence-corrected chi connectivity index (χ1v) is 12.3. The van der Waals surface area contributed by atoms with E-state index in [1.54, 1.807) is 0 Å². The van der Waals surface area contributed by atoms with E-state index in [-0.39, 0.29) is 5.97 Å². The Kier molecular flexibility index (Phi) is 15.2. The van der Waals surface area contributed by atoms with Gasteiger partial charge in [0.15, 0.2) is 0 Å². The molecule has 0 aliphatic rings. The van der Waals surface area contributed by atoms with E-state index in [0.717, 1.165) is 27.4 Å². The third-order valence-corrected chi connectivity index (χ3v) is 6.75. The van der Waals surface area contributed by atoms with Gasteiger partial charge in [-0.05, 0) is 56.0 Å². The third-order valence-electron chi connectivity index (χ3n) is 4.87. The molecule has 0 aromatic heterocycles. The molecule has 1 aromatic rings. The summed E-state index contributed by atoms with van der Waals surface area (Å²) in [5, 5.41) is 0. The van der Waals surface area contributed by atoms with Crippen LogP contribution in [0.4, 0.5) is 0 Å². The molecule has 4 heteroatoms. The lowest BCUT2D eigenvalue weighted by Crippen LogP contribution is -2.04. The molecule has 0 saturated carbocycles. The molecule has 0 amide bonds. The SMILES string of the molecule is CCCCCCCCCCCCCCCC(=O)OCc1ccc(Br)c(Br)c1. The molecule has 0 saturated heterocycles. The minimum absolute atomic E-state index is 0.0860. The first kappa shape index (κ1) is 24.7. The number of halogens is 2. The maximum absolute atomic E-state index is 11.8. The maximum atomic E-state index is 11.8. The quantitative estimate of drug-likeness (QED) is 0.166. The molecule has 2 nitrogen and oxygen atoms in total.